The maximum Gasteiger partial charge on any atom is 0.408 e. The topological polar surface area (TPSA) is 172 Å². The molecule has 3 rings (SSSR count). The third-order valence-corrected chi connectivity index (χ3v) is 8.20. The number of hydrogen-bond donors (Lipinski definition) is 4. The first kappa shape index (κ1) is 36.9. The fourth-order valence-electron chi connectivity index (χ4n) is 4.99. The molecule has 4 N–H and O–H groups in total. The van der Waals surface area contributed by atoms with Crippen LogP contribution in [-0.4, -0.2) is 97.0 Å². The van der Waals surface area contributed by atoms with Gasteiger partial charge < -0.3 is 35.6 Å². The van der Waals surface area contributed by atoms with Crippen molar-refractivity contribution in [3.8, 4) is 0 Å². The van der Waals surface area contributed by atoms with Crippen molar-refractivity contribution in [3.63, 3.8) is 0 Å². The first-order valence-electron chi connectivity index (χ1n) is 15.4. The number of esters is 1. The Morgan fingerprint density at radius 3 is 2.19 bits per heavy atom. The van der Waals surface area contributed by atoms with Gasteiger partial charge in [0.1, 0.15) is 30.8 Å². The molecule has 254 valence electrons. The highest BCUT2D eigenvalue weighted by molar-refractivity contribution is 7.98. The predicted octanol–water partition coefficient (Wildman–Crippen LogP) is 1.55. The molecule has 1 fully saturated rings. The molecule has 5 amide bonds. The molecular formula is C33H43N5O8S. The number of ether oxygens (including phenoxy) is 2. The van der Waals surface area contributed by atoms with Gasteiger partial charge in [0.05, 0.1) is 13.7 Å². The lowest BCUT2D eigenvalue weighted by molar-refractivity contribution is -0.145. The van der Waals surface area contributed by atoms with Gasteiger partial charge in [-0.2, -0.15) is 11.8 Å². The fourth-order valence-corrected chi connectivity index (χ4v) is 5.46. The third kappa shape index (κ3) is 11.9. The highest BCUT2D eigenvalue weighted by atomic mass is 32.2. The third-order valence-electron chi connectivity index (χ3n) is 7.56. The lowest BCUT2D eigenvalue weighted by atomic mass is 10.0. The van der Waals surface area contributed by atoms with Gasteiger partial charge in [0.2, 0.25) is 23.6 Å². The number of likely N-dealkylation sites (tertiary alicyclic amines) is 1. The number of carbonyl (C=O) groups excluding carboxylic acids is 6. The number of amides is 5. The number of alkyl carbamates (subject to hydrolysis) is 1. The monoisotopic (exact) mass is 669 g/mol. The normalized spacial score (nSPS) is 15.8. The maximum atomic E-state index is 13.4. The van der Waals surface area contributed by atoms with Crippen molar-refractivity contribution in [2.24, 2.45) is 0 Å². The molecule has 2 aromatic rings. The van der Waals surface area contributed by atoms with E-state index in [2.05, 4.69) is 21.3 Å². The van der Waals surface area contributed by atoms with Gasteiger partial charge in [0, 0.05) is 13.0 Å². The molecular weight excluding hydrogens is 626 g/mol. The van der Waals surface area contributed by atoms with Gasteiger partial charge in [0.25, 0.3) is 0 Å². The van der Waals surface area contributed by atoms with Gasteiger partial charge in [-0.05, 0) is 49.3 Å². The van der Waals surface area contributed by atoms with Crippen molar-refractivity contribution in [2.45, 2.75) is 63.4 Å². The Bertz CT molecular complexity index is 1360. The number of methoxy groups -OCH3 is 1. The van der Waals surface area contributed by atoms with Crippen LogP contribution < -0.4 is 21.3 Å². The summed E-state index contributed by atoms with van der Waals surface area (Å²) in [5, 5.41) is 10.4. The van der Waals surface area contributed by atoms with Gasteiger partial charge in [-0.1, -0.05) is 60.7 Å². The van der Waals surface area contributed by atoms with Crippen LogP contribution in [0.5, 0.6) is 0 Å². The van der Waals surface area contributed by atoms with Crippen molar-refractivity contribution in [2.75, 3.05) is 32.2 Å². The van der Waals surface area contributed by atoms with Crippen molar-refractivity contribution < 1.29 is 38.2 Å². The lowest BCUT2D eigenvalue weighted by Gasteiger charge is -2.27. The Morgan fingerprint density at radius 1 is 0.894 bits per heavy atom. The van der Waals surface area contributed by atoms with E-state index in [1.54, 1.807) is 12.1 Å². The molecule has 1 aliphatic rings. The highest BCUT2D eigenvalue weighted by Crippen LogP contribution is 2.18. The summed E-state index contributed by atoms with van der Waals surface area (Å²) in [6, 6.07) is 14.5. The molecule has 0 bridgehead atoms. The van der Waals surface area contributed by atoms with E-state index in [1.807, 2.05) is 54.8 Å². The average molecular weight is 670 g/mol. The summed E-state index contributed by atoms with van der Waals surface area (Å²) in [4.78, 5) is 78.4. The summed E-state index contributed by atoms with van der Waals surface area (Å²) in [7, 11) is 1.24. The summed E-state index contributed by atoms with van der Waals surface area (Å²) in [6.07, 6.45) is 2.55. The van der Waals surface area contributed by atoms with E-state index in [0.29, 0.717) is 31.6 Å². The van der Waals surface area contributed by atoms with Crippen LogP contribution in [-0.2, 0) is 46.5 Å². The van der Waals surface area contributed by atoms with Crippen molar-refractivity contribution in [1.29, 1.82) is 0 Å². The molecule has 14 heteroatoms. The number of benzene rings is 2. The Hall–Kier alpha value is -4.59. The van der Waals surface area contributed by atoms with Crippen LogP contribution in [0.2, 0.25) is 0 Å². The Kier molecular flexibility index (Phi) is 15.0. The Balaban J connectivity index is 1.53. The molecule has 47 heavy (non-hydrogen) atoms. The van der Waals surface area contributed by atoms with Gasteiger partial charge in [0.15, 0.2) is 0 Å². The standard InChI is InChI=1S/C33H43N5O8S/c1-22(35-33(44)46-21-24-13-8-5-9-14-24)29(40)34-20-28(39)38-17-10-15-27(38)31(42)36-25(16-18-47-3)30(41)37-26(32(43)45-2)19-23-11-6-4-7-12-23/h4-9,11-14,22,25-27H,10,15-21H2,1-3H3,(H,34,40)(H,35,44)(H,36,42)(H,37,41)/t22-,25-,26+,27-/m0/s1. The van der Waals surface area contributed by atoms with Gasteiger partial charge in [-0.3, -0.25) is 19.2 Å². The lowest BCUT2D eigenvalue weighted by Crippen LogP contribution is -2.56. The summed E-state index contributed by atoms with van der Waals surface area (Å²) in [5.41, 5.74) is 1.62. The van der Waals surface area contributed by atoms with Crippen molar-refractivity contribution in [1.82, 2.24) is 26.2 Å². The SMILES string of the molecule is COC(=O)[C@@H](Cc1ccccc1)NC(=O)[C@H](CCSC)NC(=O)[C@@H]1CCCN1C(=O)CNC(=O)[C@H](C)NC(=O)OCc1ccccc1. The smallest absolute Gasteiger partial charge is 0.408 e. The van der Waals surface area contributed by atoms with Gasteiger partial charge in [-0.25, -0.2) is 9.59 Å². The summed E-state index contributed by atoms with van der Waals surface area (Å²) >= 11 is 1.50. The van der Waals surface area contributed by atoms with E-state index in [4.69, 9.17) is 9.47 Å². The van der Waals surface area contributed by atoms with E-state index in [9.17, 15) is 28.8 Å². The van der Waals surface area contributed by atoms with Gasteiger partial charge >= 0.3 is 12.1 Å². The molecule has 0 saturated carbocycles. The zero-order valence-electron chi connectivity index (χ0n) is 26.9. The molecule has 4 atom stereocenters. The molecule has 1 aliphatic heterocycles. The van der Waals surface area contributed by atoms with E-state index >= 15 is 0 Å². The minimum absolute atomic E-state index is 0.0389. The van der Waals surface area contributed by atoms with Crippen LogP contribution in [0, 0.1) is 0 Å². The largest absolute Gasteiger partial charge is 0.467 e. The van der Waals surface area contributed by atoms with Crippen molar-refractivity contribution in [3.05, 3.63) is 71.8 Å². The van der Waals surface area contributed by atoms with E-state index in [-0.39, 0.29) is 19.6 Å². The van der Waals surface area contributed by atoms with Crippen LogP contribution in [0.4, 0.5) is 4.79 Å². The molecule has 0 spiro atoms. The Morgan fingerprint density at radius 2 is 1.55 bits per heavy atom. The van der Waals surface area contributed by atoms with Crippen molar-refractivity contribution >= 4 is 47.5 Å². The molecule has 0 unspecified atom stereocenters. The number of thioether (sulfide) groups is 1. The fraction of sp³-hybridized carbons (Fsp3) is 0.455. The quantitative estimate of drug-likeness (QED) is 0.194. The minimum Gasteiger partial charge on any atom is -0.467 e. The number of nitrogens with zero attached hydrogens (tertiary/aromatic N) is 1. The van der Waals surface area contributed by atoms with Crippen LogP contribution in [0.3, 0.4) is 0 Å². The van der Waals surface area contributed by atoms with Crippen LogP contribution in [0.1, 0.15) is 37.3 Å². The van der Waals surface area contributed by atoms with E-state index in [0.717, 1.165) is 11.1 Å². The highest BCUT2D eigenvalue weighted by Gasteiger charge is 2.36. The van der Waals surface area contributed by atoms with E-state index < -0.39 is 59.9 Å². The van der Waals surface area contributed by atoms with Crippen LogP contribution in [0.25, 0.3) is 0 Å². The van der Waals surface area contributed by atoms with Crippen LogP contribution >= 0.6 is 11.8 Å². The van der Waals surface area contributed by atoms with Crippen LogP contribution in [0.15, 0.2) is 60.7 Å². The average Bonchev–Trinajstić information content (AvgIpc) is 3.58. The molecule has 1 saturated heterocycles. The second-order valence-electron chi connectivity index (χ2n) is 11.0. The second-order valence-corrected chi connectivity index (χ2v) is 12.0. The zero-order chi connectivity index (χ0) is 34.2. The maximum absolute atomic E-state index is 13.4. The first-order chi connectivity index (χ1) is 22.6. The number of nitrogens with one attached hydrogen (secondary N) is 4. The Labute approximate surface area is 278 Å². The number of hydrogen-bond acceptors (Lipinski definition) is 9. The molecule has 0 aromatic heterocycles. The predicted molar refractivity (Wildman–Crippen MR) is 176 cm³/mol. The molecule has 2 aromatic carbocycles. The molecule has 0 aliphatic carbocycles. The number of rotatable bonds is 16. The second kappa shape index (κ2) is 19.2. The van der Waals surface area contributed by atoms with Gasteiger partial charge in [-0.15, -0.1) is 0 Å². The summed E-state index contributed by atoms with van der Waals surface area (Å²) in [5.74, 6) is -2.16. The number of carbonyl (C=O) groups is 6. The molecule has 1 heterocycles. The summed E-state index contributed by atoms with van der Waals surface area (Å²) in [6.45, 7) is 1.41. The van der Waals surface area contributed by atoms with E-state index in [1.165, 1.54) is 30.7 Å². The molecule has 13 nitrogen and oxygen atoms in total. The first-order valence-corrected chi connectivity index (χ1v) is 16.8. The summed E-state index contributed by atoms with van der Waals surface area (Å²) < 4.78 is 10.0. The minimum atomic E-state index is -0.977. The zero-order valence-corrected chi connectivity index (χ0v) is 27.7. The molecule has 0 radical (unpaired) electrons.